The summed E-state index contributed by atoms with van der Waals surface area (Å²) in [6, 6.07) is 0. The van der Waals surface area contributed by atoms with Crippen molar-refractivity contribution in [3.05, 3.63) is 0 Å². The minimum Gasteiger partial charge on any atom is -0.480 e. The van der Waals surface area contributed by atoms with Gasteiger partial charge in [-0.15, -0.1) is 0 Å². The van der Waals surface area contributed by atoms with E-state index in [2.05, 4.69) is 5.32 Å². The zero-order valence-corrected chi connectivity index (χ0v) is 5.84. The van der Waals surface area contributed by atoms with Crippen LogP contribution in [0.1, 0.15) is 6.42 Å². The number of carboxylic acids is 1. The van der Waals surface area contributed by atoms with Crippen molar-refractivity contribution in [3.63, 3.8) is 0 Å². The summed E-state index contributed by atoms with van der Waals surface area (Å²) in [6.07, 6.45) is 1.05. The van der Waals surface area contributed by atoms with Crippen LogP contribution in [-0.2, 0) is 4.79 Å². The third-order valence-corrected chi connectivity index (χ3v) is 1.52. The highest BCUT2D eigenvalue weighted by Gasteiger charge is 2.11. The summed E-state index contributed by atoms with van der Waals surface area (Å²) < 4.78 is 0. The molecule has 0 amide bonds. The van der Waals surface area contributed by atoms with Crippen LogP contribution < -0.4 is 5.32 Å². The van der Waals surface area contributed by atoms with Crippen LogP contribution in [0, 0.1) is 0 Å². The maximum atomic E-state index is 10.2. The van der Waals surface area contributed by atoms with Gasteiger partial charge in [-0.3, -0.25) is 9.69 Å². The molecule has 10 heavy (non-hydrogen) atoms. The van der Waals surface area contributed by atoms with E-state index < -0.39 is 5.97 Å². The lowest BCUT2D eigenvalue weighted by Crippen LogP contribution is -2.43. The number of aliphatic carboxylic acids is 1. The van der Waals surface area contributed by atoms with E-state index in [1.807, 2.05) is 4.90 Å². The first-order chi connectivity index (χ1) is 4.79. The number of hydrogen-bond donors (Lipinski definition) is 2. The molecule has 0 aromatic rings. The van der Waals surface area contributed by atoms with E-state index in [1.165, 1.54) is 0 Å². The molecule has 0 saturated carbocycles. The Hall–Kier alpha value is -0.610. The lowest BCUT2D eigenvalue weighted by Gasteiger charge is -2.25. The van der Waals surface area contributed by atoms with Crippen LogP contribution in [-0.4, -0.2) is 42.3 Å². The summed E-state index contributed by atoms with van der Waals surface area (Å²) in [6.45, 7) is 2.79. The normalized spacial score (nSPS) is 20.8. The van der Waals surface area contributed by atoms with Crippen LogP contribution in [0.3, 0.4) is 0 Å². The number of nitrogens with zero attached hydrogens (tertiary/aromatic N) is 1. The molecule has 0 aromatic carbocycles. The summed E-state index contributed by atoms with van der Waals surface area (Å²) in [5.41, 5.74) is 0. The average molecular weight is 144 g/mol. The molecule has 4 heteroatoms. The smallest absolute Gasteiger partial charge is 0.317 e. The maximum absolute atomic E-state index is 10.2. The highest BCUT2D eigenvalue weighted by molar-refractivity contribution is 5.69. The van der Waals surface area contributed by atoms with Crippen molar-refractivity contribution in [3.8, 4) is 0 Å². The molecule has 0 atom stereocenters. The second kappa shape index (κ2) is 3.53. The van der Waals surface area contributed by atoms with E-state index in [1.54, 1.807) is 0 Å². The van der Waals surface area contributed by atoms with E-state index in [9.17, 15) is 4.79 Å². The third-order valence-electron chi connectivity index (χ3n) is 1.52. The van der Waals surface area contributed by atoms with Gasteiger partial charge >= 0.3 is 5.97 Å². The van der Waals surface area contributed by atoms with Gasteiger partial charge in [0.15, 0.2) is 0 Å². The average Bonchev–Trinajstić information content (AvgIpc) is 1.88. The Morgan fingerprint density at radius 1 is 1.70 bits per heavy atom. The van der Waals surface area contributed by atoms with Crippen molar-refractivity contribution in [2.24, 2.45) is 0 Å². The van der Waals surface area contributed by atoms with E-state index in [-0.39, 0.29) is 6.54 Å². The number of carbonyl (C=O) groups is 1. The Balaban J connectivity index is 2.19. The molecule has 0 aliphatic carbocycles. The molecule has 0 radical (unpaired) electrons. The summed E-state index contributed by atoms with van der Waals surface area (Å²) in [5.74, 6) is -0.747. The molecule has 1 fully saturated rings. The molecule has 0 aromatic heterocycles. The first-order valence-electron chi connectivity index (χ1n) is 3.44. The molecule has 1 heterocycles. The van der Waals surface area contributed by atoms with Crippen molar-refractivity contribution >= 4 is 5.97 Å². The predicted molar refractivity (Wildman–Crippen MR) is 36.7 cm³/mol. The number of hydrogen-bond acceptors (Lipinski definition) is 3. The van der Waals surface area contributed by atoms with Gasteiger partial charge in [0.25, 0.3) is 0 Å². The third kappa shape index (κ3) is 2.33. The Bertz CT molecular complexity index is 121. The molecule has 0 spiro atoms. The minimum atomic E-state index is -0.747. The molecule has 4 nitrogen and oxygen atoms in total. The van der Waals surface area contributed by atoms with Crippen molar-refractivity contribution in [2.75, 3.05) is 26.3 Å². The lowest BCUT2D eigenvalue weighted by atomic mass is 10.3. The lowest BCUT2D eigenvalue weighted by molar-refractivity contribution is -0.138. The van der Waals surface area contributed by atoms with E-state index >= 15 is 0 Å². The minimum absolute atomic E-state index is 0.160. The molecular weight excluding hydrogens is 132 g/mol. The van der Waals surface area contributed by atoms with Gasteiger partial charge in [0.2, 0.25) is 0 Å². The second-order valence-electron chi connectivity index (χ2n) is 2.46. The Labute approximate surface area is 59.8 Å². The van der Waals surface area contributed by atoms with Crippen LogP contribution in [0.5, 0.6) is 0 Å². The largest absolute Gasteiger partial charge is 0.480 e. The van der Waals surface area contributed by atoms with Crippen molar-refractivity contribution in [2.45, 2.75) is 6.42 Å². The maximum Gasteiger partial charge on any atom is 0.317 e. The summed E-state index contributed by atoms with van der Waals surface area (Å²) in [5, 5.41) is 11.5. The fraction of sp³-hybridized carbons (Fsp3) is 0.833. The van der Waals surface area contributed by atoms with Crippen molar-refractivity contribution in [1.29, 1.82) is 0 Å². The Morgan fingerprint density at radius 2 is 2.50 bits per heavy atom. The monoisotopic (exact) mass is 144 g/mol. The summed E-state index contributed by atoms with van der Waals surface area (Å²) in [4.78, 5) is 12.1. The van der Waals surface area contributed by atoms with Crippen LogP contribution in [0.15, 0.2) is 0 Å². The molecule has 1 rings (SSSR count). The van der Waals surface area contributed by atoms with Gasteiger partial charge in [-0.1, -0.05) is 0 Å². The van der Waals surface area contributed by atoms with Crippen LogP contribution >= 0.6 is 0 Å². The topological polar surface area (TPSA) is 52.6 Å². The first kappa shape index (κ1) is 7.50. The zero-order valence-electron chi connectivity index (χ0n) is 5.84. The zero-order chi connectivity index (χ0) is 7.40. The van der Waals surface area contributed by atoms with Crippen LogP contribution in [0.4, 0.5) is 0 Å². The standard InChI is InChI=1S/C6H12N2O2/c9-6(10)4-8-3-1-2-7-5-8/h7H,1-5H2,(H,9,10). The number of carboxylic acid groups (broad SMARTS) is 1. The van der Waals surface area contributed by atoms with Crippen molar-refractivity contribution < 1.29 is 9.90 Å². The van der Waals surface area contributed by atoms with Gasteiger partial charge in [-0.05, 0) is 13.0 Å². The molecule has 58 valence electrons. The number of nitrogens with one attached hydrogen (secondary N) is 1. The SMILES string of the molecule is O=C(O)CN1CCCNC1. The van der Waals surface area contributed by atoms with Crippen LogP contribution in [0.2, 0.25) is 0 Å². The molecule has 2 N–H and O–H groups in total. The van der Waals surface area contributed by atoms with E-state index in [0.717, 1.165) is 19.5 Å². The molecule has 0 bridgehead atoms. The molecule has 1 aliphatic heterocycles. The fourth-order valence-electron chi connectivity index (χ4n) is 1.07. The molecule has 0 unspecified atom stereocenters. The second-order valence-corrected chi connectivity index (χ2v) is 2.46. The number of rotatable bonds is 2. The predicted octanol–water partition coefficient (Wildman–Crippen LogP) is -0.676. The van der Waals surface area contributed by atoms with E-state index in [0.29, 0.717) is 6.67 Å². The van der Waals surface area contributed by atoms with Crippen molar-refractivity contribution in [1.82, 2.24) is 10.2 Å². The van der Waals surface area contributed by atoms with Gasteiger partial charge in [-0.2, -0.15) is 0 Å². The summed E-state index contributed by atoms with van der Waals surface area (Å²) in [7, 11) is 0. The van der Waals surface area contributed by atoms with Gasteiger partial charge < -0.3 is 10.4 Å². The van der Waals surface area contributed by atoms with E-state index in [4.69, 9.17) is 5.11 Å². The quantitative estimate of drug-likeness (QED) is 0.539. The highest BCUT2D eigenvalue weighted by atomic mass is 16.4. The summed E-state index contributed by atoms with van der Waals surface area (Å²) >= 11 is 0. The first-order valence-corrected chi connectivity index (χ1v) is 3.44. The Kier molecular flexibility index (Phi) is 2.65. The highest BCUT2D eigenvalue weighted by Crippen LogP contribution is 1.93. The van der Waals surface area contributed by atoms with Gasteiger partial charge in [-0.25, -0.2) is 0 Å². The van der Waals surface area contributed by atoms with Gasteiger partial charge in [0.05, 0.1) is 6.54 Å². The fourth-order valence-corrected chi connectivity index (χ4v) is 1.07. The molecule has 1 aliphatic rings. The van der Waals surface area contributed by atoms with Gasteiger partial charge in [0.1, 0.15) is 0 Å². The molecular formula is C6H12N2O2. The molecule has 1 saturated heterocycles. The van der Waals surface area contributed by atoms with Crippen LogP contribution in [0.25, 0.3) is 0 Å². The Morgan fingerprint density at radius 3 is 3.00 bits per heavy atom. The van der Waals surface area contributed by atoms with Gasteiger partial charge in [0, 0.05) is 13.2 Å².